The number of benzene rings is 1. The minimum absolute atomic E-state index is 0.0585. The number of fused-ring (bicyclic) bond motifs is 1. The SMILES string of the molecule is CCC(C)N1CC(C)(C)Oc2c(F)cc(-c3nc(Cc4ccc(N(C)C5CCOC5)cn4)ncc3F)cc21. The lowest BCUT2D eigenvalue weighted by Gasteiger charge is -2.44. The molecule has 0 saturated carbocycles. The van der Waals surface area contributed by atoms with Crippen LogP contribution in [0.4, 0.5) is 20.2 Å². The Morgan fingerprint density at radius 3 is 2.66 bits per heavy atom. The number of anilines is 2. The van der Waals surface area contributed by atoms with Gasteiger partial charge in [-0.2, -0.15) is 0 Å². The number of hydrogen-bond donors (Lipinski definition) is 0. The van der Waals surface area contributed by atoms with Crippen molar-refractivity contribution in [2.45, 2.75) is 64.6 Å². The average Bonchev–Trinajstić information content (AvgIpc) is 3.44. The van der Waals surface area contributed by atoms with E-state index in [1.54, 1.807) is 6.07 Å². The van der Waals surface area contributed by atoms with Crippen LogP contribution in [0.5, 0.6) is 5.75 Å². The quantitative estimate of drug-likeness (QED) is 0.410. The number of hydrogen-bond acceptors (Lipinski definition) is 7. The lowest BCUT2D eigenvalue weighted by atomic mass is 10.00. The molecule has 2 aliphatic heterocycles. The highest BCUT2D eigenvalue weighted by atomic mass is 19.1. The van der Waals surface area contributed by atoms with Gasteiger partial charge in [0.05, 0.1) is 49.4 Å². The van der Waals surface area contributed by atoms with Gasteiger partial charge in [-0.05, 0) is 57.9 Å². The van der Waals surface area contributed by atoms with E-state index >= 15 is 4.39 Å². The van der Waals surface area contributed by atoms with Crippen molar-refractivity contribution < 1.29 is 18.3 Å². The molecule has 0 N–H and O–H groups in total. The predicted molar refractivity (Wildman–Crippen MR) is 144 cm³/mol. The third-order valence-electron chi connectivity index (χ3n) is 7.46. The monoisotopic (exact) mass is 523 g/mol. The van der Waals surface area contributed by atoms with Gasteiger partial charge < -0.3 is 19.3 Å². The van der Waals surface area contributed by atoms with Crippen LogP contribution in [-0.4, -0.2) is 59.4 Å². The minimum Gasteiger partial charge on any atom is -0.481 e. The van der Waals surface area contributed by atoms with Crippen molar-refractivity contribution in [3.8, 4) is 17.0 Å². The molecule has 2 unspecified atom stereocenters. The molecular formula is C29H35F2N5O2. The summed E-state index contributed by atoms with van der Waals surface area (Å²) in [4.78, 5) is 17.6. The van der Waals surface area contributed by atoms with E-state index in [1.165, 1.54) is 6.07 Å². The van der Waals surface area contributed by atoms with Gasteiger partial charge >= 0.3 is 0 Å². The Morgan fingerprint density at radius 1 is 1.16 bits per heavy atom. The van der Waals surface area contributed by atoms with E-state index in [1.807, 2.05) is 39.2 Å². The molecule has 9 heteroatoms. The van der Waals surface area contributed by atoms with E-state index in [0.717, 1.165) is 37.0 Å². The fourth-order valence-corrected chi connectivity index (χ4v) is 5.07. The maximum atomic E-state index is 15.4. The molecule has 0 bridgehead atoms. The second-order valence-electron chi connectivity index (χ2n) is 10.8. The third-order valence-corrected chi connectivity index (χ3v) is 7.46. The van der Waals surface area contributed by atoms with Crippen LogP contribution in [0.15, 0.2) is 36.7 Å². The largest absolute Gasteiger partial charge is 0.481 e. The van der Waals surface area contributed by atoms with Gasteiger partial charge in [0.2, 0.25) is 0 Å². The molecule has 1 aromatic carbocycles. The molecule has 0 amide bonds. The van der Waals surface area contributed by atoms with Gasteiger partial charge in [-0.3, -0.25) is 4.98 Å². The number of ether oxygens (including phenoxy) is 2. The zero-order valence-corrected chi connectivity index (χ0v) is 22.7. The molecule has 1 fully saturated rings. The number of aromatic nitrogens is 3. The van der Waals surface area contributed by atoms with Crippen molar-refractivity contribution >= 4 is 11.4 Å². The van der Waals surface area contributed by atoms with Gasteiger partial charge in [0.25, 0.3) is 0 Å². The molecule has 202 valence electrons. The van der Waals surface area contributed by atoms with Crippen molar-refractivity contribution in [2.75, 3.05) is 36.6 Å². The summed E-state index contributed by atoms with van der Waals surface area (Å²) in [5.41, 5.74) is 2.24. The van der Waals surface area contributed by atoms with Gasteiger partial charge in [0.1, 0.15) is 17.1 Å². The summed E-state index contributed by atoms with van der Waals surface area (Å²) >= 11 is 0. The number of rotatable bonds is 7. The highest BCUT2D eigenvalue weighted by Gasteiger charge is 2.36. The first-order chi connectivity index (χ1) is 18.1. The van der Waals surface area contributed by atoms with Crippen molar-refractivity contribution in [3.63, 3.8) is 0 Å². The number of pyridine rings is 1. The Labute approximate surface area is 222 Å². The molecule has 7 nitrogen and oxygen atoms in total. The average molecular weight is 524 g/mol. The smallest absolute Gasteiger partial charge is 0.179 e. The van der Waals surface area contributed by atoms with Crippen LogP contribution in [0.3, 0.4) is 0 Å². The number of halogens is 2. The predicted octanol–water partition coefficient (Wildman–Crippen LogP) is 5.41. The summed E-state index contributed by atoms with van der Waals surface area (Å²) in [6.07, 6.45) is 5.16. The van der Waals surface area contributed by atoms with E-state index in [-0.39, 0.29) is 17.5 Å². The minimum atomic E-state index is -0.607. The third kappa shape index (κ3) is 5.29. The Morgan fingerprint density at radius 2 is 1.97 bits per heavy atom. The maximum Gasteiger partial charge on any atom is 0.179 e. The second kappa shape index (κ2) is 10.4. The fraction of sp³-hybridized carbons (Fsp3) is 0.483. The summed E-state index contributed by atoms with van der Waals surface area (Å²) < 4.78 is 41.8. The first kappa shape index (κ1) is 26.3. The van der Waals surface area contributed by atoms with Gasteiger partial charge in [-0.25, -0.2) is 18.7 Å². The molecule has 0 spiro atoms. The van der Waals surface area contributed by atoms with Crippen molar-refractivity contribution in [1.82, 2.24) is 15.0 Å². The zero-order chi connectivity index (χ0) is 27.0. The summed E-state index contributed by atoms with van der Waals surface area (Å²) in [5.74, 6) is -0.539. The van der Waals surface area contributed by atoms with E-state index in [9.17, 15) is 4.39 Å². The summed E-state index contributed by atoms with van der Waals surface area (Å²) in [6, 6.07) is 7.50. The molecule has 2 aliphatic rings. The van der Waals surface area contributed by atoms with Crippen LogP contribution in [0.25, 0.3) is 11.3 Å². The Kier molecular flexibility index (Phi) is 7.22. The van der Waals surface area contributed by atoms with Crippen molar-refractivity contribution in [2.24, 2.45) is 0 Å². The van der Waals surface area contributed by atoms with Crippen LogP contribution >= 0.6 is 0 Å². The maximum absolute atomic E-state index is 15.4. The molecule has 4 heterocycles. The zero-order valence-electron chi connectivity index (χ0n) is 22.7. The molecule has 2 atom stereocenters. The lowest BCUT2D eigenvalue weighted by Crippen LogP contribution is -2.50. The van der Waals surface area contributed by atoms with Gasteiger partial charge in [0.15, 0.2) is 17.4 Å². The molecule has 0 radical (unpaired) electrons. The van der Waals surface area contributed by atoms with Crippen molar-refractivity contribution in [3.05, 3.63) is 59.8 Å². The van der Waals surface area contributed by atoms with Crippen LogP contribution in [-0.2, 0) is 11.2 Å². The van der Waals surface area contributed by atoms with E-state index in [2.05, 4.69) is 38.6 Å². The van der Waals surface area contributed by atoms with Crippen LogP contribution in [0.2, 0.25) is 0 Å². The molecule has 3 aromatic rings. The first-order valence-corrected chi connectivity index (χ1v) is 13.2. The number of likely N-dealkylation sites (N-methyl/N-ethyl adjacent to an activating group) is 1. The topological polar surface area (TPSA) is 63.6 Å². The first-order valence-electron chi connectivity index (χ1n) is 13.2. The lowest BCUT2D eigenvalue weighted by molar-refractivity contribution is 0.0960. The van der Waals surface area contributed by atoms with Crippen LogP contribution in [0, 0.1) is 11.6 Å². The van der Waals surface area contributed by atoms with Gasteiger partial charge in [-0.15, -0.1) is 0 Å². The second-order valence-corrected chi connectivity index (χ2v) is 10.8. The van der Waals surface area contributed by atoms with Crippen LogP contribution in [0.1, 0.15) is 52.1 Å². The van der Waals surface area contributed by atoms with Gasteiger partial charge in [-0.1, -0.05) is 6.92 Å². The van der Waals surface area contributed by atoms with Gasteiger partial charge in [0, 0.05) is 31.0 Å². The Hall–Kier alpha value is -3.33. The molecule has 5 rings (SSSR count). The summed E-state index contributed by atoms with van der Waals surface area (Å²) in [7, 11) is 2.04. The standard InChI is InChI=1S/C29H35F2N5O2/c1-6-18(2)36-17-29(3,4)38-28-23(30)11-19(12-25(28)36)27-24(31)15-33-26(34-27)13-20-7-8-21(14-32-20)35(5)22-9-10-37-16-22/h7-8,11-12,14-15,18,22H,6,9-10,13,16-17H2,1-5H3. The number of nitrogens with zero attached hydrogens (tertiary/aromatic N) is 5. The Bertz CT molecular complexity index is 1290. The molecule has 2 aromatic heterocycles. The van der Waals surface area contributed by atoms with E-state index in [0.29, 0.717) is 42.7 Å². The van der Waals surface area contributed by atoms with Crippen LogP contribution < -0.4 is 14.5 Å². The highest BCUT2D eigenvalue weighted by molar-refractivity contribution is 5.72. The molecular weight excluding hydrogens is 488 g/mol. The Balaban J connectivity index is 1.42. The highest BCUT2D eigenvalue weighted by Crippen LogP contribution is 2.43. The molecule has 38 heavy (non-hydrogen) atoms. The summed E-state index contributed by atoms with van der Waals surface area (Å²) in [5, 5.41) is 0. The molecule has 0 aliphatic carbocycles. The van der Waals surface area contributed by atoms with E-state index in [4.69, 9.17) is 9.47 Å². The van der Waals surface area contributed by atoms with Crippen molar-refractivity contribution in [1.29, 1.82) is 0 Å². The summed E-state index contributed by atoms with van der Waals surface area (Å²) in [6.45, 7) is 10.2. The van der Waals surface area contributed by atoms with E-state index < -0.39 is 17.2 Å². The fourth-order valence-electron chi connectivity index (χ4n) is 5.07. The normalized spacial score (nSPS) is 19.1. The molecule has 1 saturated heterocycles.